The molecule has 1 saturated heterocycles. The Morgan fingerprint density at radius 2 is 2.12 bits per heavy atom. The van der Waals surface area contributed by atoms with Crippen molar-refractivity contribution < 1.29 is 4.79 Å². The molecule has 0 aliphatic carbocycles. The second kappa shape index (κ2) is 5.71. The summed E-state index contributed by atoms with van der Waals surface area (Å²) in [7, 11) is 0. The summed E-state index contributed by atoms with van der Waals surface area (Å²) in [5.74, 6) is 0. The van der Waals surface area contributed by atoms with Gasteiger partial charge >= 0.3 is 6.03 Å². The lowest BCUT2D eigenvalue weighted by atomic mass is 9.87. The largest absolute Gasteiger partial charge is 0.333 e. The van der Waals surface area contributed by atoms with Crippen LogP contribution in [0.4, 0.5) is 4.79 Å². The molecule has 1 rings (SSSR count). The van der Waals surface area contributed by atoms with Gasteiger partial charge in [-0.2, -0.15) is 0 Å². The van der Waals surface area contributed by atoms with Crippen molar-refractivity contribution in [1.82, 2.24) is 16.0 Å². The molecule has 1 heterocycles. The number of amides is 2. The maximum atomic E-state index is 12.0. The van der Waals surface area contributed by atoms with Crippen LogP contribution < -0.4 is 16.0 Å². The van der Waals surface area contributed by atoms with Gasteiger partial charge < -0.3 is 16.0 Å². The topological polar surface area (TPSA) is 53.2 Å². The van der Waals surface area contributed by atoms with E-state index in [0.717, 1.165) is 38.8 Å². The fourth-order valence-electron chi connectivity index (χ4n) is 2.13. The van der Waals surface area contributed by atoms with E-state index in [9.17, 15) is 4.79 Å². The van der Waals surface area contributed by atoms with Crippen LogP contribution in [0.1, 0.15) is 53.4 Å². The number of urea groups is 1. The molecule has 0 aromatic rings. The summed E-state index contributed by atoms with van der Waals surface area (Å²) >= 11 is 0. The molecule has 1 fully saturated rings. The van der Waals surface area contributed by atoms with Crippen molar-refractivity contribution in [3.05, 3.63) is 0 Å². The smallest absolute Gasteiger partial charge is 0.315 e. The van der Waals surface area contributed by atoms with Crippen molar-refractivity contribution in [3.63, 3.8) is 0 Å². The highest BCUT2D eigenvalue weighted by Gasteiger charge is 2.32. The van der Waals surface area contributed by atoms with Crippen LogP contribution >= 0.6 is 0 Å². The molecule has 4 nitrogen and oxygen atoms in total. The molecule has 1 unspecified atom stereocenters. The Kier molecular flexibility index (Phi) is 4.80. The van der Waals surface area contributed by atoms with E-state index >= 15 is 0 Å². The Labute approximate surface area is 105 Å². The lowest BCUT2D eigenvalue weighted by Crippen LogP contribution is -2.61. The lowest BCUT2D eigenvalue weighted by Gasteiger charge is -2.39. The Bertz CT molecular complexity index is 257. The molecule has 4 heteroatoms. The third-order valence-electron chi connectivity index (χ3n) is 3.86. The van der Waals surface area contributed by atoms with Gasteiger partial charge in [-0.25, -0.2) is 4.79 Å². The first kappa shape index (κ1) is 14.3. The summed E-state index contributed by atoms with van der Waals surface area (Å²) in [6.45, 7) is 10.2. The van der Waals surface area contributed by atoms with Crippen LogP contribution in [0.2, 0.25) is 0 Å². The third kappa shape index (κ3) is 4.19. The van der Waals surface area contributed by atoms with Gasteiger partial charge in [0, 0.05) is 12.1 Å². The normalized spacial score (nSPS) is 25.4. The first-order valence-electron chi connectivity index (χ1n) is 6.74. The van der Waals surface area contributed by atoms with Gasteiger partial charge in [-0.05, 0) is 46.1 Å². The molecule has 0 radical (unpaired) electrons. The summed E-state index contributed by atoms with van der Waals surface area (Å²) < 4.78 is 0. The standard InChI is InChI=1S/C13H27N3O/c1-5-12(3,4)15-11(17)16-13(6-2)8-7-9-14-10-13/h14H,5-10H2,1-4H3,(H2,15,16,17). The summed E-state index contributed by atoms with van der Waals surface area (Å²) in [4.78, 5) is 12.0. The first-order valence-corrected chi connectivity index (χ1v) is 6.74. The van der Waals surface area contributed by atoms with Gasteiger partial charge in [0.2, 0.25) is 0 Å². The van der Waals surface area contributed by atoms with Crippen LogP contribution in [0.25, 0.3) is 0 Å². The minimum atomic E-state index is -0.138. The van der Waals surface area contributed by atoms with Gasteiger partial charge in [0.15, 0.2) is 0 Å². The van der Waals surface area contributed by atoms with E-state index in [2.05, 4.69) is 29.8 Å². The Hall–Kier alpha value is -0.770. The second-order valence-electron chi connectivity index (χ2n) is 5.73. The van der Waals surface area contributed by atoms with Crippen molar-refractivity contribution >= 4 is 6.03 Å². The highest BCUT2D eigenvalue weighted by Crippen LogP contribution is 2.20. The monoisotopic (exact) mass is 241 g/mol. The molecule has 3 N–H and O–H groups in total. The molecule has 100 valence electrons. The molecule has 1 aliphatic heterocycles. The molecular weight excluding hydrogens is 214 g/mol. The lowest BCUT2D eigenvalue weighted by molar-refractivity contribution is 0.196. The Morgan fingerprint density at radius 1 is 1.41 bits per heavy atom. The van der Waals surface area contributed by atoms with Crippen molar-refractivity contribution in [1.29, 1.82) is 0 Å². The second-order valence-corrected chi connectivity index (χ2v) is 5.73. The Morgan fingerprint density at radius 3 is 2.59 bits per heavy atom. The summed E-state index contributed by atoms with van der Waals surface area (Å²) in [6.07, 6.45) is 4.10. The molecule has 2 amide bonds. The van der Waals surface area contributed by atoms with Gasteiger partial charge in [-0.3, -0.25) is 0 Å². The zero-order valence-electron chi connectivity index (χ0n) is 11.7. The molecule has 1 aliphatic rings. The number of carbonyl (C=O) groups excluding carboxylic acids is 1. The summed E-state index contributed by atoms with van der Waals surface area (Å²) in [5, 5.41) is 9.56. The highest BCUT2D eigenvalue weighted by atomic mass is 16.2. The van der Waals surface area contributed by atoms with Gasteiger partial charge in [-0.1, -0.05) is 13.8 Å². The first-order chi connectivity index (χ1) is 7.93. The summed E-state index contributed by atoms with van der Waals surface area (Å²) in [5.41, 5.74) is -0.201. The van der Waals surface area contributed by atoms with Gasteiger partial charge in [-0.15, -0.1) is 0 Å². The zero-order valence-corrected chi connectivity index (χ0v) is 11.7. The van der Waals surface area contributed by atoms with Crippen molar-refractivity contribution in [2.24, 2.45) is 0 Å². The maximum absolute atomic E-state index is 12.0. The van der Waals surface area contributed by atoms with Gasteiger partial charge in [0.1, 0.15) is 0 Å². The molecule has 0 aromatic heterocycles. The molecule has 0 spiro atoms. The van der Waals surface area contributed by atoms with Crippen molar-refractivity contribution in [3.8, 4) is 0 Å². The van der Waals surface area contributed by atoms with Crippen LogP contribution in [-0.2, 0) is 0 Å². The molecule has 1 atom stereocenters. The maximum Gasteiger partial charge on any atom is 0.315 e. The molecule has 0 saturated carbocycles. The quantitative estimate of drug-likeness (QED) is 0.705. The van der Waals surface area contributed by atoms with Crippen molar-refractivity contribution in [2.75, 3.05) is 13.1 Å². The number of nitrogens with one attached hydrogen (secondary N) is 3. The number of rotatable bonds is 4. The van der Waals surface area contributed by atoms with E-state index in [4.69, 9.17) is 0 Å². The van der Waals surface area contributed by atoms with Crippen LogP contribution in [0.3, 0.4) is 0 Å². The van der Waals surface area contributed by atoms with Crippen LogP contribution in [0.5, 0.6) is 0 Å². The molecule has 0 bridgehead atoms. The number of carbonyl (C=O) groups is 1. The average molecular weight is 241 g/mol. The Balaban J connectivity index is 2.53. The van der Waals surface area contributed by atoms with Crippen LogP contribution in [0, 0.1) is 0 Å². The number of piperidine rings is 1. The van der Waals surface area contributed by atoms with E-state index in [1.54, 1.807) is 0 Å². The molecule has 0 aromatic carbocycles. The fraction of sp³-hybridized carbons (Fsp3) is 0.923. The highest BCUT2D eigenvalue weighted by molar-refractivity contribution is 5.75. The minimum Gasteiger partial charge on any atom is -0.333 e. The predicted molar refractivity (Wildman–Crippen MR) is 71.2 cm³/mol. The van der Waals surface area contributed by atoms with Gasteiger partial charge in [0.05, 0.1) is 5.54 Å². The minimum absolute atomic E-state index is 0.0394. The molecule has 17 heavy (non-hydrogen) atoms. The van der Waals surface area contributed by atoms with E-state index in [1.807, 2.05) is 13.8 Å². The number of hydrogen-bond donors (Lipinski definition) is 3. The van der Waals surface area contributed by atoms with Crippen LogP contribution in [-0.4, -0.2) is 30.2 Å². The third-order valence-corrected chi connectivity index (χ3v) is 3.86. The van der Waals surface area contributed by atoms with E-state index in [0.29, 0.717) is 0 Å². The molecular formula is C13H27N3O. The SMILES string of the molecule is CCC(C)(C)NC(=O)NC1(CC)CCCNC1. The average Bonchev–Trinajstić information content (AvgIpc) is 2.29. The van der Waals surface area contributed by atoms with Crippen molar-refractivity contribution in [2.45, 2.75) is 64.5 Å². The zero-order chi connectivity index (χ0) is 12.9. The number of hydrogen-bond acceptors (Lipinski definition) is 2. The van der Waals surface area contributed by atoms with Gasteiger partial charge in [0.25, 0.3) is 0 Å². The van der Waals surface area contributed by atoms with E-state index < -0.39 is 0 Å². The van der Waals surface area contributed by atoms with Crippen LogP contribution in [0.15, 0.2) is 0 Å². The predicted octanol–water partition coefficient (Wildman–Crippen LogP) is 2.01. The van der Waals surface area contributed by atoms with E-state index in [1.165, 1.54) is 0 Å². The van der Waals surface area contributed by atoms with E-state index in [-0.39, 0.29) is 17.1 Å². The summed E-state index contributed by atoms with van der Waals surface area (Å²) in [6, 6.07) is -0.0394. The fourth-order valence-corrected chi connectivity index (χ4v) is 2.13.